The van der Waals surface area contributed by atoms with Crippen LogP contribution in [0.3, 0.4) is 0 Å². The van der Waals surface area contributed by atoms with Gasteiger partial charge >= 0.3 is 0 Å². The quantitative estimate of drug-likeness (QED) is 0.167. The van der Waals surface area contributed by atoms with Crippen molar-refractivity contribution < 1.29 is 4.42 Å². The Morgan fingerprint density at radius 2 is 0.919 bits per heavy atom. The van der Waals surface area contributed by atoms with Gasteiger partial charge in [-0.1, -0.05) is 127 Å². The molecule has 3 nitrogen and oxygen atoms in total. The van der Waals surface area contributed by atoms with E-state index in [1.165, 1.54) is 69.5 Å². The summed E-state index contributed by atoms with van der Waals surface area (Å²) in [5, 5.41) is 9.76. The lowest BCUT2D eigenvalue weighted by Gasteiger charge is -2.26. The Bertz CT molecular complexity index is 3860. The summed E-state index contributed by atoms with van der Waals surface area (Å²) in [5.74, 6) is 0. The first-order chi connectivity index (χ1) is 30.7. The summed E-state index contributed by atoms with van der Waals surface area (Å²) in [6, 6.07) is 79.3. The van der Waals surface area contributed by atoms with Gasteiger partial charge in [-0.05, 0) is 118 Å². The smallest absolute Gasteiger partial charge is 0.137 e. The van der Waals surface area contributed by atoms with E-state index in [1.807, 2.05) is 23.5 Å². The van der Waals surface area contributed by atoms with Crippen LogP contribution in [0, 0.1) is 0 Å². The van der Waals surface area contributed by atoms with E-state index in [-0.39, 0.29) is 0 Å². The highest BCUT2D eigenvalue weighted by Gasteiger charge is 2.19. The van der Waals surface area contributed by atoms with Crippen LogP contribution in [0.4, 0.5) is 17.1 Å². The van der Waals surface area contributed by atoms with E-state index in [0.717, 1.165) is 50.2 Å². The van der Waals surface area contributed by atoms with E-state index in [4.69, 9.17) is 4.42 Å². The molecule has 10 aromatic carbocycles. The lowest BCUT2D eigenvalue weighted by Crippen LogP contribution is -2.09. The van der Waals surface area contributed by atoms with Crippen molar-refractivity contribution in [2.24, 2.45) is 0 Å². The number of anilines is 3. The lowest BCUT2D eigenvalue weighted by molar-refractivity contribution is 0.668. The fourth-order valence-corrected chi connectivity index (χ4v) is 10.7. The van der Waals surface area contributed by atoms with E-state index in [2.05, 4.69) is 216 Å². The molecule has 0 aliphatic rings. The normalized spacial score (nSPS) is 11.9. The van der Waals surface area contributed by atoms with Gasteiger partial charge in [0.2, 0.25) is 0 Å². The van der Waals surface area contributed by atoms with Crippen LogP contribution >= 0.6 is 11.3 Å². The summed E-state index contributed by atoms with van der Waals surface area (Å²) in [6.45, 7) is 0. The lowest BCUT2D eigenvalue weighted by atomic mass is 10.0. The maximum atomic E-state index is 6.38. The molecule has 290 valence electrons. The molecule has 0 unspecified atom stereocenters. The molecule has 0 aliphatic carbocycles. The number of hydrogen-bond donors (Lipinski definition) is 0. The molecule has 62 heavy (non-hydrogen) atoms. The number of thiophene rings is 1. The van der Waals surface area contributed by atoms with Gasteiger partial charge in [-0.15, -0.1) is 11.3 Å². The van der Waals surface area contributed by atoms with Crippen molar-refractivity contribution in [1.29, 1.82) is 0 Å². The van der Waals surface area contributed by atoms with Crippen LogP contribution in [0.25, 0.3) is 103 Å². The minimum atomic E-state index is 0.890. The SMILES string of the molecule is c1ccc(-c2ccc(N(c3ccc(-c4ccc5c(c4)c4cc6ccccc6cc4n5-c4ccc5c(c4)oc4ccccc45)cc3)c3ccc4c(c3)sc3ccccc34)cc2)cc1. The summed E-state index contributed by atoms with van der Waals surface area (Å²) in [7, 11) is 0. The Morgan fingerprint density at radius 1 is 0.339 bits per heavy atom. The second-order valence-corrected chi connectivity index (χ2v) is 17.2. The van der Waals surface area contributed by atoms with Gasteiger partial charge in [0.05, 0.1) is 11.0 Å². The number of rotatable bonds is 6. The predicted molar refractivity (Wildman–Crippen MR) is 264 cm³/mol. The van der Waals surface area contributed by atoms with E-state index >= 15 is 0 Å². The van der Waals surface area contributed by atoms with Crippen LogP contribution in [0.15, 0.2) is 223 Å². The maximum Gasteiger partial charge on any atom is 0.137 e. The molecular weight excluding hydrogens is 773 g/mol. The van der Waals surface area contributed by atoms with Gasteiger partial charge in [0.15, 0.2) is 0 Å². The highest BCUT2D eigenvalue weighted by atomic mass is 32.1. The standard InChI is InChI=1S/C58H36N2OS/c1-2-10-37(11-3-1)38-18-23-43(24-19-38)59(46-28-30-50-49-15-7-9-17-57(49)62-58(50)36-46)44-25-20-39(21-26-44)42-22-31-53-51(33-42)52-32-40-12-4-5-13-41(40)34-54(52)60(53)45-27-29-48-47-14-6-8-16-55(47)61-56(48)35-45/h1-36H. The number of benzene rings is 10. The summed E-state index contributed by atoms with van der Waals surface area (Å²) < 4.78 is 11.4. The van der Waals surface area contributed by atoms with Gasteiger partial charge in [0.1, 0.15) is 11.2 Å². The van der Waals surface area contributed by atoms with Crippen molar-refractivity contribution in [2.75, 3.05) is 4.90 Å². The number of hydrogen-bond acceptors (Lipinski definition) is 3. The molecule has 4 heteroatoms. The minimum absolute atomic E-state index is 0.890. The van der Waals surface area contributed by atoms with Crippen LogP contribution in [-0.4, -0.2) is 4.57 Å². The molecule has 0 radical (unpaired) electrons. The van der Waals surface area contributed by atoms with Crippen molar-refractivity contribution in [3.63, 3.8) is 0 Å². The van der Waals surface area contributed by atoms with Gasteiger partial charge in [-0.3, -0.25) is 0 Å². The molecule has 13 aromatic rings. The van der Waals surface area contributed by atoms with E-state index in [9.17, 15) is 0 Å². The molecule has 0 atom stereocenters. The van der Waals surface area contributed by atoms with Gasteiger partial charge in [0.25, 0.3) is 0 Å². The molecule has 0 fully saturated rings. The fourth-order valence-electron chi connectivity index (χ4n) is 9.55. The molecule has 3 aromatic heterocycles. The van der Waals surface area contributed by atoms with Crippen molar-refractivity contribution in [1.82, 2.24) is 4.57 Å². The largest absolute Gasteiger partial charge is 0.456 e. The third kappa shape index (κ3) is 5.58. The number of aromatic nitrogens is 1. The summed E-state index contributed by atoms with van der Waals surface area (Å²) >= 11 is 1.85. The monoisotopic (exact) mass is 808 g/mol. The highest BCUT2D eigenvalue weighted by Crippen LogP contribution is 2.43. The third-order valence-electron chi connectivity index (χ3n) is 12.6. The second-order valence-electron chi connectivity index (χ2n) is 16.1. The van der Waals surface area contributed by atoms with Crippen LogP contribution in [0.1, 0.15) is 0 Å². The van der Waals surface area contributed by atoms with Gasteiger partial charge in [-0.2, -0.15) is 0 Å². The van der Waals surface area contributed by atoms with E-state index < -0.39 is 0 Å². The maximum absolute atomic E-state index is 6.38. The summed E-state index contributed by atoms with van der Waals surface area (Å²) in [4.78, 5) is 2.38. The van der Waals surface area contributed by atoms with Crippen LogP contribution in [-0.2, 0) is 0 Å². The molecular formula is C58H36N2OS. The molecule has 0 spiro atoms. The highest BCUT2D eigenvalue weighted by molar-refractivity contribution is 7.25. The van der Waals surface area contributed by atoms with Crippen molar-refractivity contribution in [3.05, 3.63) is 218 Å². The predicted octanol–water partition coefficient (Wildman–Crippen LogP) is 17.0. The van der Waals surface area contributed by atoms with Crippen LogP contribution in [0.2, 0.25) is 0 Å². The number of fused-ring (bicyclic) bond motifs is 10. The zero-order valence-electron chi connectivity index (χ0n) is 33.5. The van der Waals surface area contributed by atoms with E-state index in [0.29, 0.717) is 0 Å². The summed E-state index contributed by atoms with van der Waals surface area (Å²) in [6.07, 6.45) is 0. The topological polar surface area (TPSA) is 21.3 Å². The molecule has 3 heterocycles. The summed E-state index contributed by atoms with van der Waals surface area (Å²) in [5.41, 5.74) is 13.3. The zero-order valence-corrected chi connectivity index (χ0v) is 34.3. The number of para-hydroxylation sites is 1. The van der Waals surface area contributed by atoms with Crippen molar-refractivity contribution in [3.8, 4) is 27.9 Å². The van der Waals surface area contributed by atoms with Gasteiger partial charge in [0, 0.05) is 70.5 Å². The molecule has 0 aliphatic heterocycles. The van der Waals surface area contributed by atoms with Crippen LogP contribution < -0.4 is 4.90 Å². The minimum Gasteiger partial charge on any atom is -0.456 e. The molecule has 0 bridgehead atoms. The Balaban J connectivity index is 0.931. The zero-order chi connectivity index (χ0) is 40.7. The first kappa shape index (κ1) is 34.9. The average molecular weight is 809 g/mol. The Hall–Kier alpha value is -7.92. The number of furan rings is 1. The van der Waals surface area contributed by atoms with Crippen LogP contribution in [0.5, 0.6) is 0 Å². The second kappa shape index (κ2) is 13.8. The number of nitrogens with zero attached hydrogens (tertiary/aromatic N) is 2. The molecule has 0 N–H and O–H groups in total. The molecule has 0 saturated carbocycles. The Kier molecular flexibility index (Phi) is 7.78. The van der Waals surface area contributed by atoms with Gasteiger partial charge < -0.3 is 13.9 Å². The van der Waals surface area contributed by atoms with E-state index in [1.54, 1.807) is 0 Å². The van der Waals surface area contributed by atoms with Gasteiger partial charge in [-0.25, -0.2) is 0 Å². The first-order valence-electron chi connectivity index (χ1n) is 21.1. The Labute approximate surface area is 361 Å². The first-order valence-corrected chi connectivity index (χ1v) is 21.9. The average Bonchev–Trinajstić information content (AvgIpc) is 4.00. The molecule has 0 saturated heterocycles. The van der Waals surface area contributed by atoms with Crippen molar-refractivity contribution in [2.45, 2.75) is 0 Å². The molecule has 13 rings (SSSR count). The fraction of sp³-hybridized carbons (Fsp3) is 0. The Morgan fingerprint density at radius 3 is 1.73 bits per heavy atom. The van der Waals surface area contributed by atoms with Crippen molar-refractivity contribution >= 4 is 103 Å². The molecule has 0 amide bonds. The third-order valence-corrected chi connectivity index (χ3v) is 13.7.